The molecule has 0 amide bonds. The molecular weight excluding hydrogens is 385 g/mol. The van der Waals surface area contributed by atoms with Gasteiger partial charge in [-0.15, -0.1) is 0 Å². The van der Waals surface area contributed by atoms with Gasteiger partial charge in [-0.3, -0.25) is 0 Å². The first-order valence-corrected chi connectivity index (χ1v) is 7.36. The Bertz CT molecular complexity index is 593. The Balaban J connectivity index is 2.35. The average Bonchev–Trinajstić information content (AvgIpc) is 2.39. The van der Waals surface area contributed by atoms with E-state index in [2.05, 4.69) is 10.2 Å². The summed E-state index contributed by atoms with van der Waals surface area (Å²) in [4.78, 5) is 0. The molecule has 0 aliphatic rings. The lowest BCUT2D eigenvalue weighted by Gasteiger charge is -2.02. The molecule has 0 spiro atoms. The van der Waals surface area contributed by atoms with Crippen LogP contribution in [0.1, 0.15) is 0 Å². The Morgan fingerprint density at radius 2 is 0.750 bits per heavy atom. The van der Waals surface area contributed by atoms with E-state index in [-0.39, 0.29) is 10.0 Å². The summed E-state index contributed by atoms with van der Waals surface area (Å²) < 4.78 is 0. The molecule has 8 heteroatoms. The first-order chi connectivity index (χ1) is 9.38. The molecule has 0 fully saturated rings. The zero-order chi connectivity index (χ0) is 14.9. The van der Waals surface area contributed by atoms with Gasteiger partial charge in [0.25, 0.3) is 0 Å². The van der Waals surface area contributed by atoms with Gasteiger partial charge in [-0.05, 0) is 24.3 Å². The molecule has 0 aliphatic carbocycles. The molecule has 2 rings (SSSR count). The van der Waals surface area contributed by atoms with E-state index in [0.717, 1.165) is 0 Å². The fourth-order valence-electron chi connectivity index (χ4n) is 1.32. The Morgan fingerprint density at radius 1 is 0.500 bits per heavy atom. The van der Waals surface area contributed by atoms with Crippen LogP contribution in [0.2, 0.25) is 30.1 Å². The maximum absolute atomic E-state index is 5.89. The van der Waals surface area contributed by atoms with Crippen LogP contribution >= 0.6 is 69.6 Å². The Labute approximate surface area is 145 Å². The summed E-state index contributed by atoms with van der Waals surface area (Å²) in [6, 6.07) is 6.16. The summed E-state index contributed by atoms with van der Waals surface area (Å²) in [7, 11) is 0. The first kappa shape index (κ1) is 16.2. The number of nitrogens with zero attached hydrogens (tertiary/aromatic N) is 2. The highest BCUT2D eigenvalue weighted by Crippen LogP contribution is 2.37. The summed E-state index contributed by atoms with van der Waals surface area (Å²) >= 11 is 35.3. The van der Waals surface area contributed by atoms with E-state index in [4.69, 9.17) is 69.6 Å². The molecule has 0 saturated heterocycles. The van der Waals surface area contributed by atoms with Crippen LogP contribution in [0.4, 0.5) is 11.4 Å². The lowest BCUT2D eigenvalue weighted by molar-refractivity contribution is 1.23. The highest BCUT2D eigenvalue weighted by atomic mass is 35.5. The minimum Gasteiger partial charge on any atom is -0.150 e. The molecule has 0 atom stereocenters. The Kier molecular flexibility index (Phi) is 5.41. The van der Waals surface area contributed by atoms with Gasteiger partial charge in [-0.25, -0.2) is 0 Å². The SMILES string of the molecule is Clc1cc(N=Nc2cc(Cl)c(Cl)c(Cl)c2)cc(Cl)c1Cl. The standard InChI is InChI=1S/C12H4Cl6N2/c13-7-1-5(2-8(14)11(7)17)19-20-6-3-9(15)12(18)10(16)4-6/h1-4H. The highest BCUT2D eigenvalue weighted by Gasteiger charge is 2.07. The lowest BCUT2D eigenvalue weighted by atomic mass is 10.3. The van der Waals surface area contributed by atoms with Gasteiger partial charge in [-0.2, -0.15) is 10.2 Å². The lowest BCUT2D eigenvalue weighted by Crippen LogP contribution is -1.74. The smallest absolute Gasteiger partial charge is 0.0887 e. The predicted octanol–water partition coefficient (Wildman–Crippen LogP) is 8.02. The van der Waals surface area contributed by atoms with Crippen LogP contribution in [0.25, 0.3) is 0 Å². The van der Waals surface area contributed by atoms with Gasteiger partial charge in [0, 0.05) is 0 Å². The van der Waals surface area contributed by atoms with E-state index < -0.39 is 0 Å². The molecule has 0 aliphatic heterocycles. The van der Waals surface area contributed by atoms with Gasteiger partial charge in [0.2, 0.25) is 0 Å². The van der Waals surface area contributed by atoms with Crippen molar-refractivity contribution in [3.05, 3.63) is 54.4 Å². The number of hydrogen-bond acceptors (Lipinski definition) is 2. The molecule has 20 heavy (non-hydrogen) atoms. The minimum absolute atomic E-state index is 0.268. The molecule has 0 N–H and O–H groups in total. The van der Waals surface area contributed by atoms with Gasteiger partial charge in [0.05, 0.1) is 41.5 Å². The van der Waals surface area contributed by atoms with Crippen LogP contribution in [0.15, 0.2) is 34.5 Å². The van der Waals surface area contributed by atoms with Crippen LogP contribution in [0.5, 0.6) is 0 Å². The van der Waals surface area contributed by atoms with E-state index in [1.807, 2.05) is 0 Å². The largest absolute Gasteiger partial charge is 0.150 e. The predicted molar refractivity (Wildman–Crippen MR) is 87.1 cm³/mol. The molecule has 0 unspecified atom stereocenters. The molecule has 2 aromatic rings. The van der Waals surface area contributed by atoms with Crippen molar-refractivity contribution < 1.29 is 0 Å². The third-order valence-corrected chi connectivity index (χ3v) is 4.61. The summed E-state index contributed by atoms with van der Waals surface area (Å²) in [5, 5.41) is 9.68. The Hall–Kier alpha value is -0.220. The van der Waals surface area contributed by atoms with Crippen molar-refractivity contribution in [2.75, 3.05) is 0 Å². The van der Waals surface area contributed by atoms with Crippen molar-refractivity contribution in [1.82, 2.24) is 0 Å². The van der Waals surface area contributed by atoms with E-state index >= 15 is 0 Å². The number of azo groups is 1. The zero-order valence-electron chi connectivity index (χ0n) is 9.47. The van der Waals surface area contributed by atoms with Gasteiger partial charge >= 0.3 is 0 Å². The van der Waals surface area contributed by atoms with Gasteiger partial charge in [-0.1, -0.05) is 69.6 Å². The van der Waals surface area contributed by atoms with Crippen LogP contribution in [0, 0.1) is 0 Å². The topological polar surface area (TPSA) is 24.7 Å². The van der Waals surface area contributed by atoms with Gasteiger partial charge in [0.15, 0.2) is 0 Å². The first-order valence-electron chi connectivity index (χ1n) is 5.09. The van der Waals surface area contributed by atoms with E-state index in [1.165, 1.54) is 0 Å². The zero-order valence-corrected chi connectivity index (χ0v) is 14.0. The van der Waals surface area contributed by atoms with Crippen molar-refractivity contribution in [2.24, 2.45) is 10.2 Å². The molecule has 2 nitrogen and oxygen atoms in total. The Morgan fingerprint density at radius 3 is 1.00 bits per heavy atom. The van der Waals surface area contributed by atoms with Gasteiger partial charge < -0.3 is 0 Å². The van der Waals surface area contributed by atoms with Crippen molar-refractivity contribution in [2.45, 2.75) is 0 Å². The number of rotatable bonds is 2. The van der Waals surface area contributed by atoms with Crippen LogP contribution < -0.4 is 0 Å². The van der Waals surface area contributed by atoms with Crippen LogP contribution in [0.3, 0.4) is 0 Å². The number of hydrogen-bond donors (Lipinski definition) is 0. The molecule has 0 bridgehead atoms. The third-order valence-electron chi connectivity index (χ3n) is 2.22. The fraction of sp³-hybridized carbons (Fsp3) is 0. The van der Waals surface area contributed by atoms with Gasteiger partial charge in [0.1, 0.15) is 0 Å². The van der Waals surface area contributed by atoms with Crippen LogP contribution in [-0.4, -0.2) is 0 Å². The average molecular weight is 389 g/mol. The summed E-state index contributed by atoms with van der Waals surface area (Å²) in [5.74, 6) is 0. The fourth-order valence-corrected chi connectivity index (χ4v) is 2.48. The van der Waals surface area contributed by atoms with Crippen molar-refractivity contribution >= 4 is 81.0 Å². The van der Waals surface area contributed by atoms with E-state index in [9.17, 15) is 0 Å². The molecule has 104 valence electrons. The van der Waals surface area contributed by atoms with E-state index in [0.29, 0.717) is 31.5 Å². The van der Waals surface area contributed by atoms with Crippen molar-refractivity contribution in [3.63, 3.8) is 0 Å². The maximum atomic E-state index is 5.89. The maximum Gasteiger partial charge on any atom is 0.0887 e. The molecule has 0 saturated carbocycles. The van der Waals surface area contributed by atoms with Crippen LogP contribution in [-0.2, 0) is 0 Å². The molecule has 2 aromatic carbocycles. The normalized spacial score (nSPS) is 11.3. The summed E-state index contributed by atoms with van der Waals surface area (Å²) in [5.41, 5.74) is 0.901. The van der Waals surface area contributed by atoms with Crippen molar-refractivity contribution in [3.8, 4) is 0 Å². The third kappa shape index (κ3) is 3.70. The summed E-state index contributed by atoms with van der Waals surface area (Å²) in [6.45, 7) is 0. The van der Waals surface area contributed by atoms with E-state index in [1.54, 1.807) is 24.3 Å². The second-order valence-electron chi connectivity index (χ2n) is 3.65. The minimum atomic E-state index is 0.268. The molecule has 0 heterocycles. The second kappa shape index (κ2) is 6.69. The molecule has 0 aromatic heterocycles. The number of halogens is 6. The van der Waals surface area contributed by atoms with Crippen molar-refractivity contribution in [1.29, 1.82) is 0 Å². The highest BCUT2D eigenvalue weighted by molar-refractivity contribution is 6.48. The summed E-state index contributed by atoms with van der Waals surface area (Å²) in [6.07, 6.45) is 0. The second-order valence-corrected chi connectivity index (χ2v) is 6.03. The monoisotopic (exact) mass is 386 g/mol. The molecular formula is C12H4Cl6N2. The molecule has 0 radical (unpaired) electrons. The quantitative estimate of drug-likeness (QED) is 0.367. The number of benzene rings is 2.